The lowest BCUT2D eigenvalue weighted by Gasteiger charge is -2.26. The average Bonchev–Trinajstić information content (AvgIpc) is 2.63. The van der Waals surface area contributed by atoms with Crippen LogP contribution in [0.25, 0.3) is 0 Å². The van der Waals surface area contributed by atoms with E-state index in [-0.39, 0.29) is 24.2 Å². The normalized spacial score (nSPS) is 19.2. The molecule has 0 aromatic carbocycles. The van der Waals surface area contributed by atoms with Crippen molar-refractivity contribution in [3.8, 4) is 0 Å². The summed E-state index contributed by atoms with van der Waals surface area (Å²) in [5.41, 5.74) is -0.101. The van der Waals surface area contributed by atoms with E-state index in [0.717, 1.165) is 25.7 Å². The molecule has 1 saturated carbocycles. The molecular weight excluding hydrogens is 194 g/mol. The Bertz CT molecular complexity index is 210. The highest BCUT2D eigenvalue weighted by Crippen LogP contribution is 2.36. The molecule has 0 saturated heterocycles. The van der Waals surface area contributed by atoms with Crippen LogP contribution in [-0.2, 0) is 4.74 Å². The Morgan fingerprint density at radius 3 is 2.53 bits per heavy atom. The lowest BCUT2D eigenvalue weighted by molar-refractivity contribution is 0.0971. The number of carbonyl (C=O) groups excluding carboxylic acids is 1. The van der Waals surface area contributed by atoms with Crippen LogP contribution in [0.2, 0.25) is 0 Å². The molecule has 0 spiro atoms. The summed E-state index contributed by atoms with van der Waals surface area (Å²) in [5.74, 6) is 0. The summed E-state index contributed by atoms with van der Waals surface area (Å²) >= 11 is 0. The Kier molecular flexibility index (Phi) is 4.39. The van der Waals surface area contributed by atoms with Crippen LogP contribution in [0, 0.1) is 5.41 Å². The van der Waals surface area contributed by atoms with E-state index in [0.29, 0.717) is 6.54 Å². The zero-order valence-corrected chi connectivity index (χ0v) is 9.58. The lowest BCUT2D eigenvalue weighted by Crippen LogP contribution is -2.39. The van der Waals surface area contributed by atoms with Gasteiger partial charge in [-0.25, -0.2) is 4.79 Å². The third-order valence-electron chi connectivity index (χ3n) is 2.95. The van der Waals surface area contributed by atoms with E-state index in [1.807, 2.05) is 13.8 Å². The summed E-state index contributed by atoms with van der Waals surface area (Å²) in [7, 11) is 0. The number of hydrogen-bond donors (Lipinski definition) is 2. The predicted octanol–water partition coefficient (Wildman–Crippen LogP) is 1.67. The van der Waals surface area contributed by atoms with Gasteiger partial charge in [0, 0.05) is 12.0 Å². The first-order valence-electron chi connectivity index (χ1n) is 5.63. The zero-order valence-electron chi connectivity index (χ0n) is 9.58. The minimum absolute atomic E-state index is 0.0985. The first kappa shape index (κ1) is 12.3. The topological polar surface area (TPSA) is 58.6 Å². The van der Waals surface area contributed by atoms with Crippen molar-refractivity contribution in [1.82, 2.24) is 5.32 Å². The van der Waals surface area contributed by atoms with E-state index in [4.69, 9.17) is 4.74 Å². The van der Waals surface area contributed by atoms with Gasteiger partial charge < -0.3 is 15.2 Å². The fourth-order valence-electron chi connectivity index (χ4n) is 2.03. The van der Waals surface area contributed by atoms with Gasteiger partial charge in [-0.15, -0.1) is 0 Å². The number of carbonyl (C=O) groups is 1. The number of nitrogens with one attached hydrogen (secondary N) is 1. The molecule has 2 N–H and O–H groups in total. The van der Waals surface area contributed by atoms with Crippen molar-refractivity contribution in [2.24, 2.45) is 5.41 Å². The second-order valence-electron chi connectivity index (χ2n) is 4.67. The molecule has 0 aromatic rings. The SMILES string of the molecule is CC(C)OC(=O)NCC1(CO)CCCC1. The minimum Gasteiger partial charge on any atom is -0.447 e. The highest BCUT2D eigenvalue weighted by atomic mass is 16.6. The summed E-state index contributed by atoms with van der Waals surface area (Å²) in [6.07, 6.45) is 3.78. The first-order valence-corrected chi connectivity index (χ1v) is 5.63. The standard InChI is InChI=1S/C11H21NO3/c1-9(2)15-10(14)12-7-11(8-13)5-3-4-6-11/h9,13H,3-8H2,1-2H3,(H,12,14). The van der Waals surface area contributed by atoms with Crippen LogP contribution in [0.1, 0.15) is 39.5 Å². The summed E-state index contributed by atoms with van der Waals surface area (Å²) in [6, 6.07) is 0. The number of alkyl carbamates (subject to hydrolysis) is 1. The van der Waals surface area contributed by atoms with E-state index in [1.54, 1.807) is 0 Å². The van der Waals surface area contributed by atoms with Gasteiger partial charge in [0.25, 0.3) is 0 Å². The van der Waals surface area contributed by atoms with Gasteiger partial charge in [-0.1, -0.05) is 12.8 Å². The smallest absolute Gasteiger partial charge is 0.407 e. The molecule has 15 heavy (non-hydrogen) atoms. The molecule has 1 aliphatic carbocycles. The second-order valence-corrected chi connectivity index (χ2v) is 4.67. The van der Waals surface area contributed by atoms with Crippen LogP contribution in [0.4, 0.5) is 4.79 Å². The molecule has 0 aromatic heterocycles. The minimum atomic E-state index is -0.385. The first-order chi connectivity index (χ1) is 7.08. The van der Waals surface area contributed by atoms with Crippen molar-refractivity contribution in [3.05, 3.63) is 0 Å². The molecule has 4 heteroatoms. The van der Waals surface area contributed by atoms with Gasteiger partial charge in [-0.2, -0.15) is 0 Å². The van der Waals surface area contributed by atoms with Gasteiger partial charge in [0.1, 0.15) is 0 Å². The fourth-order valence-corrected chi connectivity index (χ4v) is 2.03. The Labute approximate surface area is 91.0 Å². The third kappa shape index (κ3) is 3.70. The summed E-state index contributed by atoms with van der Waals surface area (Å²) in [6.45, 7) is 4.30. The maximum absolute atomic E-state index is 11.3. The number of aliphatic hydroxyl groups is 1. The molecule has 1 aliphatic rings. The van der Waals surface area contributed by atoms with Gasteiger partial charge in [-0.3, -0.25) is 0 Å². The van der Waals surface area contributed by atoms with Gasteiger partial charge in [-0.05, 0) is 26.7 Å². The number of amides is 1. The Balaban J connectivity index is 2.31. The Morgan fingerprint density at radius 1 is 1.47 bits per heavy atom. The molecule has 0 heterocycles. The molecule has 0 radical (unpaired) electrons. The van der Waals surface area contributed by atoms with Gasteiger partial charge in [0.15, 0.2) is 0 Å². The lowest BCUT2D eigenvalue weighted by atomic mass is 9.87. The highest BCUT2D eigenvalue weighted by Gasteiger charge is 2.33. The van der Waals surface area contributed by atoms with Crippen LogP contribution >= 0.6 is 0 Å². The highest BCUT2D eigenvalue weighted by molar-refractivity contribution is 5.67. The van der Waals surface area contributed by atoms with E-state index in [9.17, 15) is 9.90 Å². The number of rotatable bonds is 4. The molecular formula is C11H21NO3. The largest absolute Gasteiger partial charge is 0.447 e. The molecule has 0 unspecified atom stereocenters. The Hall–Kier alpha value is -0.770. The van der Waals surface area contributed by atoms with Crippen molar-refractivity contribution in [2.75, 3.05) is 13.2 Å². The molecule has 1 rings (SSSR count). The second kappa shape index (κ2) is 5.35. The van der Waals surface area contributed by atoms with Crippen molar-refractivity contribution in [3.63, 3.8) is 0 Å². The molecule has 88 valence electrons. The Morgan fingerprint density at radius 2 is 2.07 bits per heavy atom. The van der Waals surface area contributed by atoms with Crippen LogP contribution in [-0.4, -0.2) is 30.5 Å². The number of hydrogen-bond acceptors (Lipinski definition) is 3. The molecule has 1 amide bonds. The van der Waals surface area contributed by atoms with Crippen LogP contribution in [0.15, 0.2) is 0 Å². The fraction of sp³-hybridized carbons (Fsp3) is 0.909. The molecule has 4 nitrogen and oxygen atoms in total. The van der Waals surface area contributed by atoms with Gasteiger partial charge >= 0.3 is 6.09 Å². The van der Waals surface area contributed by atoms with Crippen LogP contribution in [0.3, 0.4) is 0 Å². The zero-order chi connectivity index (χ0) is 11.3. The molecule has 0 aliphatic heterocycles. The van der Waals surface area contributed by atoms with E-state index < -0.39 is 0 Å². The maximum Gasteiger partial charge on any atom is 0.407 e. The predicted molar refractivity (Wildman–Crippen MR) is 57.6 cm³/mol. The maximum atomic E-state index is 11.3. The van der Waals surface area contributed by atoms with Gasteiger partial charge in [0.05, 0.1) is 12.7 Å². The van der Waals surface area contributed by atoms with E-state index in [1.165, 1.54) is 0 Å². The number of aliphatic hydroxyl groups excluding tert-OH is 1. The van der Waals surface area contributed by atoms with Crippen molar-refractivity contribution >= 4 is 6.09 Å². The van der Waals surface area contributed by atoms with Gasteiger partial charge in [0.2, 0.25) is 0 Å². The van der Waals surface area contributed by atoms with Crippen molar-refractivity contribution in [2.45, 2.75) is 45.6 Å². The van der Waals surface area contributed by atoms with Crippen molar-refractivity contribution < 1.29 is 14.6 Å². The molecule has 0 bridgehead atoms. The van der Waals surface area contributed by atoms with Crippen LogP contribution in [0.5, 0.6) is 0 Å². The third-order valence-corrected chi connectivity index (χ3v) is 2.95. The van der Waals surface area contributed by atoms with E-state index >= 15 is 0 Å². The summed E-state index contributed by atoms with van der Waals surface area (Å²) < 4.78 is 4.97. The monoisotopic (exact) mass is 215 g/mol. The molecule has 1 fully saturated rings. The summed E-state index contributed by atoms with van der Waals surface area (Å²) in [4.78, 5) is 11.3. The van der Waals surface area contributed by atoms with Crippen LogP contribution < -0.4 is 5.32 Å². The van der Waals surface area contributed by atoms with Crippen molar-refractivity contribution in [1.29, 1.82) is 0 Å². The van der Waals surface area contributed by atoms with E-state index in [2.05, 4.69) is 5.32 Å². The number of ether oxygens (including phenoxy) is 1. The average molecular weight is 215 g/mol. The quantitative estimate of drug-likeness (QED) is 0.750. The molecule has 0 atom stereocenters. The summed E-state index contributed by atoms with van der Waals surface area (Å²) in [5, 5.41) is 12.0.